The van der Waals surface area contributed by atoms with Crippen molar-refractivity contribution >= 4 is 11.9 Å². The molecule has 0 aromatic heterocycles. The Bertz CT molecular complexity index is 870. The molecule has 1 amide bonds. The molecule has 2 heterocycles. The number of para-hydroxylation sites is 1. The topological polar surface area (TPSA) is 59.1 Å². The summed E-state index contributed by atoms with van der Waals surface area (Å²) >= 11 is 0. The number of ether oxygens (including phenoxy) is 2. The van der Waals surface area contributed by atoms with Crippen molar-refractivity contribution < 1.29 is 19.1 Å². The average Bonchev–Trinajstić information content (AvgIpc) is 3.17. The van der Waals surface area contributed by atoms with Gasteiger partial charge in [-0.3, -0.25) is 9.69 Å². The summed E-state index contributed by atoms with van der Waals surface area (Å²) in [5.74, 6) is 0.483. The van der Waals surface area contributed by atoms with Gasteiger partial charge in [-0.15, -0.1) is 0 Å². The minimum Gasteiger partial charge on any atom is -0.484 e. The van der Waals surface area contributed by atoms with E-state index in [2.05, 4.69) is 4.90 Å². The van der Waals surface area contributed by atoms with Crippen LogP contribution in [0.4, 0.5) is 0 Å². The lowest BCUT2D eigenvalue weighted by atomic mass is 10.1. The lowest BCUT2D eigenvalue weighted by Crippen LogP contribution is -2.46. The van der Waals surface area contributed by atoms with Crippen LogP contribution in [0.3, 0.4) is 0 Å². The monoisotopic (exact) mass is 394 g/mol. The normalized spacial score (nSPS) is 21.8. The molecular weight excluding hydrogens is 368 g/mol. The van der Waals surface area contributed by atoms with Crippen LogP contribution in [0.5, 0.6) is 5.75 Å². The molecule has 1 fully saturated rings. The van der Waals surface area contributed by atoms with E-state index in [0.29, 0.717) is 26.1 Å². The van der Waals surface area contributed by atoms with Gasteiger partial charge >= 0.3 is 5.97 Å². The molecule has 0 saturated carbocycles. The first-order valence-electron chi connectivity index (χ1n) is 10.0. The Morgan fingerprint density at radius 2 is 1.86 bits per heavy atom. The number of nitrogens with zero attached hydrogens (tertiary/aromatic N) is 2. The van der Waals surface area contributed by atoms with Gasteiger partial charge in [0.2, 0.25) is 5.91 Å². The number of hydrogen-bond acceptors (Lipinski definition) is 5. The van der Waals surface area contributed by atoms with Crippen LogP contribution in [0.15, 0.2) is 54.6 Å². The summed E-state index contributed by atoms with van der Waals surface area (Å²) in [5, 5.41) is 0. The maximum Gasteiger partial charge on any atom is 0.328 e. The molecule has 1 unspecified atom stereocenters. The van der Waals surface area contributed by atoms with Gasteiger partial charge in [-0.2, -0.15) is 0 Å². The molecule has 6 heteroatoms. The molecule has 0 bridgehead atoms. The smallest absolute Gasteiger partial charge is 0.328 e. The first kappa shape index (κ1) is 19.5. The van der Waals surface area contributed by atoms with E-state index in [-0.39, 0.29) is 24.5 Å². The molecule has 6 nitrogen and oxygen atoms in total. The van der Waals surface area contributed by atoms with Crippen molar-refractivity contribution in [2.75, 3.05) is 26.7 Å². The van der Waals surface area contributed by atoms with Gasteiger partial charge in [-0.05, 0) is 24.5 Å². The molecule has 0 aliphatic carbocycles. The van der Waals surface area contributed by atoms with Crippen LogP contribution in [-0.2, 0) is 20.9 Å². The van der Waals surface area contributed by atoms with Crippen LogP contribution in [0.1, 0.15) is 30.1 Å². The van der Waals surface area contributed by atoms with E-state index in [0.717, 1.165) is 23.3 Å². The molecule has 2 aromatic carbocycles. The minimum atomic E-state index is -0.465. The van der Waals surface area contributed by atoms with Crippen molar-refractivity contribution in [1.82, 2.24) is 9.80 Å². The molecule has 0 radical (unpaired) electrons. The van der Waals surface area contributed by atoms with Crippen molar-refractivity contribution in [3.63, 3.8) is 0 Å². The number of likely N-dealkylation sites (tertiary alicyclic amines) is 1. The van der Waals surface area contributed by atoms with Crippen molar-refractivity contribution in [2.24, 2.45) is 0 Å². The van der Waals surface area contributed by atoms with E-state index in [1.807, 2.05) is 54.6 Å². The van der Waals surface area contributed by atoms with Gasteiger partial charge in [-0.25, -0.2) is 4.79 Å². The Labute approximate surface area is 171 Å². The molecule has 4 rings (SSSR count). The van der Waals surface area contributed by atoms with Crippen molar-refractivity contribution in [3.05, 3.63) is 65.7 Å². The maximum atomic E-state index is 13.0. The van der Waals surface area contributed by atoms with Crippen molar-refractivity contribution in [2.45, 2.75) is 31.5 Å². The third-order valence-corrected chi connectivity index (χ3v) is 5.64. The number of esters is 1. The van der Waals surface area contributed by atoms with Gasteiger partial charge in [0.25, 0.3) is 0 Å². The summed E-state index contributed by atoms with van der Waals surface area (Å²) in [5.41, 5.74) is 2.14. The summed E-state index contributed by atoms with van der Waals surface area (Å²) in [6.07, 6.45) is 1.32. The number of carbonyl (C=O) groups is 2. The lowest BCUT2D eigenvalue weighted by Gasteiger charge is -2.28. The standard InChI is InChI=1S/C23H26N2O4/c1-28-23(27)19-11-7-13-25(19)22(26)16-24-14-18-10-5-6-12-20(18)29-21(15-24)17-8-3-2-4-9-17/h2-6,8-10,12,19,21H,7,11,13-16H2,1H3/t19-,21?/m0/s1. The maximum absolute atomic E-state index is 13.0. The number of carbonyl (C=O) groups excluding carboxylic acids is 2. The van der Waals surface area contributed by atoms with Gasteiger partial charge in [0.1, 0.15) is 17.9 Å². The van der Waals surface area contributed by atoms with E-state index in [4.69, 9.17) is 9.47 Å². The van der Waals surface area contributed by atoms with Gasteiger partial charge in [0, 0.05) is 25.2 Å². The van der Waals surface area contributed by atoms with Gasteiger partial charge < -0.3 is 14.4 Å². The minimum absolute atomic E-state index is 0.0379. The molecule has 1 saturated heterocycles. The predicted molar refractivity (Wildman–Crippen MR) is 108 cm³/mol. The summed E-state index contributed by atoms with van der Waals surface area (Å²) in [6.45, 7) is 2.07. The second-order valence-electron chi connectivity index (χ2n) is 7.56. The highest BCUT2D eigenvalue weighted by Gasteiger charge is 2.36. The van der Waals surface area contributed by atoms with Gasteiger partial charge in [-0.1, -0.05) is 48.5 Å². The SMILES string of the molecule is COC(=O)[C@@H]1CCCN1C(=O)CN1Cc2ccccc2OC(c2ccccc2)C1. The van der Waals surface area contributed by atoms with E-state index < -0.39 is 6.04 Å². The Kier molecular flexibility index (Phi) is 5.81. The summed E-state index contributed by atoms with van der Waals surface area (Å²) < 4.78 is 11.2. The molecule has 29 heavy (non-hydrogen) atoms. The number of benzene rings is 2. The number of methoxy groups -OCH3 is 1. The van der Waals surface area contributed by atoms with E-state index in [1.54, 1.807) is 4.90 Å². The zero-order chi connectivity index (χ0) is 20.2. The highest BCUT2D eigenvalue weighted by molar-refractivity contribution is 5.86. The Hall–Kier alpha value is -2.86. The first-order valence-corrected chi connectivity index (χ1v) is 10.0. The summed E-state index contributed by atoms with van der Waals surface area (Å²) in [6, 6.07) is 17.6. The fourth-order valence-corrected chi connectivity index (χ4v) is 4.17. The van der Waals surface area contributed by atoms with E-state index >= 15 is 0 Å². The van der Waals surface area contributed by atoms with Crippen LogP contribution in [-0.4, -0.2) is 54.5 Å². The van der Waals surface area contributed by atoms with E-state index in [9.17, 15) is 9.59 Å². The Morgan fingerprint density at radius 1 is 1.10 bits per heavy atom. The van der Waals surface area contributed by atoms with Crippen LogP contribution in [0, 0.1) is 0 Å². The molecule has 2 atom stereocenters. The second-order valence-corrected chi connectivity index (χ2v) is 7.56. The molecule has 152 valence electrons. The van der Waals surface area contributed by atoms with E-state index in [1.165, 1.54) is 7.11 Å². The first-order chi connectivity index (χ1) is 14.2. The molecule has 2 aliphatic heterocycles. The van der Waals surface area contributed by atoms with Gasteiger partial charge in [0.15, 0.2) is 0 Å². The molecular formula is C23H26N2O4. The lowest BCUT2D eigenvalue weighted by molar-refractivity contribution is -0.151. The summed E-state index contributed by atoms with van der Waals surface area (Å²) in [4.78, 5) is 28.9. The molecule has 0 N–H and O–H groups in total. The van der Waals surface area contributed by atoms with Crippen LogP contribution >= 0.6 is 0 Å². The largest absolute Gasteiger partial charge is 0.484 e. The van der Waals surface area contributed by atoms with Crippen molar-refractivity contribution in [3.8, 4) is 5.75 Å². The zero-order valence-electron chi connectivity index (χ0n) is 16.6. The molecule has 2 aliphatic rings. The fraction of sp³-hybridized carbons (Fsp3) is 0.391. The predicted octanol–water partition coefficient (Wildman–Crippen LogP) is 2.79. The Balaban J connectivity index is 1.54. The van der Waals surface area contributed by atoms with Crippen LogP contribution in [0.25, 0.3) is 0 Å². The number of hydrogen-bond donors (Lipinski definition) is 0. The number of rotatable bonds is 4. The highest BCUT2D eigenvalue weighted by atomic mass is 16.5. The molecule has 0 spiro atoms. The quantitative estimate of drug-likeness (QED) is 0.747. The second kappa shape index (κ2) is 8.66. The third kappa shape index (κ3) is 4.27. The van der Waals surface area contributed by atoms with Gasteiger partial charge in [0.05, 0.1) is 13.7 Å². The average molecular weight is 394 g/mol. The Morgan fingerprint density at radius 3 is 2.66 bits per heavy atom. The van der Waals surface area contributed by atoms with Crippen LogP contribution < -0.4 is 4.74 Å². The highest BCUT2D eigenvalue weighted by Crippen LogP contribution is 2.31. The fourth-order valence-electron chi connectivity index (χ4n) is 4.17. The van der Waals surface area contributed by atoms with Crippen molar-refractivity contribution in [1.29, 1.82) is 0 Å². The van der Waals surface area contributed by atoms with Crippen LogP contribution in [0.2, 0.25) is 0 Å². The number of amides is 1. The summed E-state index contributed by atoms with van der Waals surface area (Å²) in [7, 11) is 1.37. The molecule has 2 aromatic rings. The zero-order valence-corrected chi connectivity index (χ0v) is 16.6. The number of fused-ring (bicyclic) bond motifs is 1. The third-order valence-electron chi connectivity index (χ3n) is 5.64.